The molecule has 2 unspecified atom stereocenters. The first kappa shape index (κ1) is 13.4. The van der Waals surface area contributed by atoms with Gasteiger partial charge in [-0.05, 0) is 18.3 Å². The summed E-state index contributed by atoms with van der Waals surface area (Å²) in [6.45, 7) is 2.48. The lowest BCUT2D eigenvalue weighted by atomic mass is 10.3. The van der Waals surface area contributed by atoms with Gasteiger partial charge in [-0.15, -0.1) is 11.3 Å². The zero-order valence-electron chi connectivity index (χ0n) is 10.0. The molecule has 0 aliphatic heterocycles. The van der Waals surface area contributed by atoms with Crippen LogP contribution in [0.2, 0.25) is 0 Å². The van der Waals surface area contributed by atoms with Crippen LogP contribution >= 0.6 is 11.3 Å². The first-order chi connectivity index (χ1) is 8.45. The SMILES string of the molecule is COC(=O)c1ncsc1S(=O)(=O)NCC1CC1C. The van der Waals surface area contributed by atoms with E-state index in [9.17, 15) is 13.2 Å². The number of nitrogens with one attached hydrogen (secondary N) is 1. The number of ether oxygens (including phenoxy) is 1. The molecule has 0 saturated heterocycles. The van der Waals surface area contributed by atoms with Crippen molar-refractivity contribution in [3.05, 3.63) is 11.2 Å². The standard InChI is InChI=1S/C10H14N2O4S2/c1-6-3-7(6)4-12-18(14,15)10-8(9(13)16-2)11-5-17-10/h5-7,12H,3-4H2,1-2H3. The molecule has 0 radical (unpaired) electrons. The summed E-state index contributed by atoms with van der Waals surface area (Å²) < 4.78 is 31.0. The Morgan fingerprint density at radius 1 is 1.67 bits per heavy atom. The highest BCUT2D eigenvalue weighted by Crippen LogP contribution is 2.37. The third kappa shape index (κ3) is 2.70. The molecule has 2 atom stereocenters. The molecule has 1 N–H and O–H groups in total. The number of esters is 1. The molecule has 1 aliphatic carbocycles. The molecular weight excluding hydrogens is 276 g/mol. The zero-order chi connectivity index (χ0) is 13.3. The molecule has 100 valence electrons. The summed E-state index contributed by atoms with van der Waals surface area (Å²) >= 11 is 0.911. The van der Waals surface area contributed by atoms with E-state index in [0.717, 1.165) is 17.8 Å². The second kappa shape index (κ2) is 4.94. The van der Waals surface area contributed by atoms with E-state index in [0.29, 0.717) is 18.4 Å². The van der Waals surface area contributed by atoms with Crippen LogP contribution in [0.15, 0.2) is 9.72 Å². The van der Waals surface area contributed by atoms with Crippen molar-refractivity contribution in [1.29, 1.82) is 0 Å². The van der Waals surface area contributed by atoms with Gasteiger partial charge in [0.05, 0.1) is 12.6 Å². The van der Waals surface area contributed by atoms with Gasteiger partial charge in [0.15, 0.2) is 9.90 Å². The molecule has 0 spiro atoms. The summed E-state index contributed by atoms with van der Waals surface area (Å²) in [5, 5.41) is 0. The van der Waals surface area contributed by atoms with Crippen molar-refractivity contribution in [2.75, 3.05) is 13.7 Å². The fourth-order valence-corrected chi connectivity index (χ4v) is 3.89. The monoisotopic (exact) mass is 290 g/mol. The highest BCUT2D eigenvalue weighted by Gasteiger charge is 2.34. The first-order valence-corrected chi connectivity index (χ1v) is 7.83. The van der Waals surface area contributed by atoms with Crippen molar-refractivity contribution in [2.24, 2.45) is 11.8 Å². The molecule has 0 amide bonds. The van der Waals surface area contributed by atoms with Gasteiger partial charge in [0, 0.05) is 6.54 Å². The summed E-state index contributed by atoms with van der Waals surface area (Å²) in [5.74, 6) is 0.222. The number of aromatic nitrogens is 1. The van der Waals surface area contributed by atoms with Gasteiger partial charge in [-0.3, -0.25) is 0 Å². The third-order valence-electron chi connectivity index (χ3n) is 2.97. The van der Waals surface area contributed by atoms with Gasteiger partial charge in [0.2, 0.25) is 0 Å². The van der Waals surface area contributed by atoms with Crippen LogP contribution < -0.4 is 4.72 Å². The predicted molar refractivity (Wildman–Crippen MR) is 65.9 cm³/mol. The lowest BCUT2D eigenvalue weighted by molar-refractivity contribution is 0.0590. The Kier molecular flexibility index (Phi) is 3.69. The summed E-state index contributed by atoms with van der Waals surface area (Å²) in [5.41, 5.74) is 1.17. The van der Waals surface area contributed by atoms with E-state index in [2.05, 4.69) is 21.4 Å². The van der Waals surface area contributed by atoms with Gasteiger partial charge in [-0.2, -0.15) is 0 Å². The maximum Gasteiger partial charge on any atom is 0.358 e. The van der Waals surface area contributed by atoms with E-state index in [4.69, 9.17) is 0 Å². The van der Waals surface area contributed by atoms with Crippen molar-refractivity contribution in [1.82, 2.24) is 9.71 Å². The van der Waals surface area contributed by atoms with Crippen LogP contribution in [0.25, 0.3) is 0 Å². The molecule has 0 bridgehead atoms. The Morgan fingerprint density at radius 3 is 2.89 bits per heavy atom. The van der Waals surface area contributed by atoms with E-state index in [1.807, 2.05) is 0 Å². The Hall–Kier alpha value is -0.990. The zero-order valence-corrected chi connectivity index (χ0v) is 11.7. The van der Waals surface area contributed by atoms with E-state index in [-0.39, 0.29) is 9.90 Å². The minimum Gasteiger partial charge on any atom is -0.464 e. The summed E-state index contributed by atoms with van der Waals surface area (Å²) in [6, 6.07) is 0. The minimum atomic E-state index is -3.68. The third-order valence-corrected chi connectivity index (χ3v) is 5.76. The Morgan fingerprint density at radius 2 is 2.33 bits per heavy atom. The molecule has 1 heterocycles. The molecule has 18 heavy (non-hydrogen) atoms. The summed E-state index contributed by atoms with van der Waals surface area (Å²) in [4.78, 5) is 15.1. The van der Waals surface area contributed by atoms with Gasteiger partial charge in [0.25, 0.3) is 10.0 Å². The largest absolute Gasteiger partial charge is 0.464 e. The van der Waals surface area contributed by atoms with E-state index >= 15 is 0 Å². The first-order valence-electron chi connectivity index (χ1n) is 5.47. The van der Waals surface area contributed by atoms with E-state index in [1.54, 1.807) is 0 Å². The van der Waals surface area contributed by atoms with Crippen LogP contribution in [0.4, 0.5) is 0 Å². The number of carbonyl (C=O) groups is 1. The molecule has 1 aliphatic rings. The molecular formula is C10H14N2O4S2. The number of carbonyl (C=O) groups excluding carboxylic acids is 1. The van der Waals surface area contributed by atoms with E-state index in [1.165, 1.54) is 12.6 Å². The van der Waals surface area contributed by atoms with Crippen LogP contribution in [0.5, 0.6) is 0 Å². The summed E-state index contributed by atoms with van der Waals surface area (Å²) in [6.07, 6.45) is 1.04. The van der Waals surface area contributed by atoms with Crippen molar-refractivity contribution in [3.63, 3.8) is 0 Å². The highest BCUT2D eigenvalue weighted by atomic mass is 32.2. The van der Waals surface area contributed by atoms with Crippen LogP contribution in [-0.2, 0) is 14.8 Å². The number of sulfonamides is 1. The number of hydrogen-bond donors (Lipinski definition) is 1. The highest BCUT2D eigenvalue weighted by molar-refractivity contribution is 7.91. The predicted octanol–water partition coefficient (Wildman–Crippen LogP) is 0.864. The van der Waals surface area contributed by atoms with Crippen LogP contribution in [0.3, 0.4) is 0 Å². The minimum absolute atomic E-state index is 0.0809. The molecule has 8 heteroatoms. The Balaban J connectivity index is 2.14. The maximum absolute atomic E-state index is 12.0. The van der Waals surface area contributed by atoms with E-state index < -0.39 is 16.0 Å². The molecule has 2 rings (SSSR count). The average molecular weight is 290 g/mol. The molecule has 1 aromatic heterocycles. The van der Waals surface area contributed by atoms with Crippen LogP contribution in [0, 0.1) is 11.8 Å². The smallest absolute Gasteiger partial charge is 0.358 e. The van der Waals surface area contributed by atoms with Crippen LogP contribution in [0.1, 0.15) is 23.8 Å². The van der Waals surface area contributed by atoms with Crippen molar-refractivity contribution < 1.29 is 17.9 Å². The number of hydrogen-bond acceptors (Lipinski definition) is 6. The van der Waals surface area contributed by atoms with Gasteiger partial charge in [-0.1, -0.05) is 6.92 Å². The van der Waals surface area contributed by atoms with Crippen molar-refractivity contribution in [3.8, 4) is 0 Å². The topological polar surface area (TPSA) is 85.4 Å². The lowest BCUT2D eigenvalue weighted by Gasteiger charge is -2.05. The maximum atomic E-state index is 12.0. The molecule has 0 aromatic carbocycles. The number of thiazole rings is 1. The number of nitrogens with zero attached hydrogens (tertiary/aromatic N) is 1. The Labute approximate surface area is 109 Å². The van der Waals surface area contributed by atoms with Gasteiger partial charge in [0.1, 0.15) is 0 Å². The van der Waals surface area contributed by atoms with Gasteiger partial charge in [-0.25, -0.2) is 22.9 Å². The second-order valence-corrected chi connectivity index (χ2v) is 7.12. The van der Waals surface area contributed by atoms with Crippen molar-refractivity contribution in [2.45, 2.75) is 17.6 Å². The lowest BCUT2D eigenvalue weighted by Crippen LogP contribution is -2.27. The fourth-order valence-electron chi connectivity index (χ4n) is 1.62. The van der Waals surface area contributed by atoms with Crippen LogP contribution in [-0.4, -0.2) is 33.0 Å². The molecule has 1 fully saturated rings. The van der Waals surface area contributed by atoms with Crippen molar-refractivity contribution >= 4 is 27.3 Å². The molecule has 1 aromatic rings. The normalized spacial score (nSPS) is 22.8. The molecule has 1 saturated carbocycles. The number of rotatable bonds is 5. The second-order valence-electron chi connectivity index (χ2n) is 4.30. The number of methoxy groups -OCH3 is 1. The molecule has 6 nitrogen and oxygen atoms in total. The Bertz CT molecular complexity index is 552. The van der Waals surface area contributed by atoms with Gasteiger partial charge < -0.3 is 4.74 Å². The van der Waals surface area contributed by atoms with Gasteiger partial charge >= 0.3 is 5.97 Å². The fraction of sp³-hybridized carbons (Fsp3) is 0.600. The summed E-state index contributed by atoms with van der Waals surface area (Å²) in [7, 11) is -2.48. The quantitative estimate of drug-likeness (QED) is 0.813. The average Bonchev–Trinajstić information content (AvgIpc) is 2.82.